The lowest BCUT2D eigenvalue weighted by atomic mass is 10.4. The Morgan fingerprint density at radius 1 is 0.818 bits per heavy atom. The Morgan fingerprint density at radius 3 is 1.91 bits per heavy atom. The molecule has 0 amide bonds. The van der Waals surface area contributed by atoms with E-state index in [0.717, 1.165) is 78.8 Å². The molecule has 184 valence electrons. The lowest BCUT2D eigenvalue weighted by Gasteiger charge is -2.26. The van der Waals surface area contributed by atoms with E-state index in [1.807, 2.05) is 20.1 Å². The van der Waals surface area contributed by atoms with Crippen molar-refractivity contribution in [1.29, 1.82) is 0 Å². The number of aromatic nitrogens is 4. The lowest BCUT2D eigenvalue weighted by molar-refractivity contribution is 0.0398. The number of halogens is 1. The number of nitrogens with zero attached hydrogens (tertiary/aromatic N) is 6. The molecule has 0 radical (unpaired) electrons. The van der Waals surface area contributed by atoms with E-state index in [-0.39, 0.29) is 0 Å². The van der Waals surface area contributed by atoms with Gasteiger partial charge in [0.15, 0.2) is 33.1 Å². The zero-order valence-corrected chi connectivity index (χ0v) is 21.3. The lowest BCUT2D eigenvalue weighted by Crippen LogP contribution is -2.39. The van der Waals surface area contributed by atoms with Crippen molar-refractivity contribution in [1.82, 2.24) is 29.7 Å². The van der Waals surface area contributed by atoms with Gasteiger partial charge in [0, 0.05) is 52.4 Å². The largest absolute Gasteiger partial charge is 0.379 e. The Labute approximate surface area is 205 Å². The number of hydrogen-bond acceptors (Lipinski definition) is 11. The molecule has 2 aromatic rings. The van der Waals surface area contributed by atoms with Crippen molar-refractivity contribution in [3.63, 3.8) is 0 Å². The second-order valence-corrected chi connectivity index (χ2v) is 8.49. The van der Waals surface area contributed by atoms with Gasteiger partial charge in [0.05, 0.1) is 26.4 Å². The van der Waals surface area contributed by atoms with Gasteiger partial charge in [-0.2, -0.15) is 0 Å². The standard InChI is InChI=1S/C19H29ClN8O2S.C2H6/c1-31-19-25-16(21-2-4-27-6-10-29-11-7-27)14-17(26-19)24-18(15(20)23-14)22-3-5-28-8-12-30-13-9-28;1-2/h2-13H2,1H3,(H2,21,22,24,25,26);1-2H3. The summed E-state index contributed by atoms with van der Waals surface area (Å²) >= 11 is 7.92. The first-order valence-electron chi connectivity index (χ1n) is 11.6. The van der Waals surface area contributed by atoms with Gasteiger partial charge in [-0.1, -0.05) is 37.2 Å². The highest BCUT2D eigenvalue weighted by Gasteiger charge is 2.16. The summed E-state index contributed by atoms with van der Waals surface area (Å²) in [4.78, 5) is 23.1. The second-order valence-electron chi connectivity index (χ2n) is 7.36. The third-order valence-corrected chi connectivity index (χ3v) is 6.11. The van der Waals surface area contributed by atoms with Crippen molar-refractivity contribution in [2.24, 2.45) is 0 Å². The van der Waals surface area contributed by atoms with Gasteiger partial charge in [0.25, 0.3) is 0 Å². The maximum atomic E-state index is 6.45. The fourth-order valence-electron chi connectivity index (χ4n) is 3.55. The molecule has 0 aromatic carbocycles. The minimum atomic E-state index is 0.325. The van der Waals surface area contributed by atoms with Gasteiger partial charge in [-0.05, 0) is 6.26 Å². The van der Waals surface area contributed by atoms with Gasteiger partial charge < -0.3 is 20.1 Å². The van der Waals surface area contributed by atoms with Crippen LogP contribution in [0.3, 0.4) is 0 Å². The highest BCUT2D eigenvalue weighted by Crippen LogP contribution is 2.26. The number of ether oxygens (including phenoxy) is 2. The predicted molar refractivity (Wildman–Crippen MR) is 135 cm³/mol. The first-order chi connectivity index (χ1) is 16.2. The monoisotopic (exact) mass is 498 g/mol. The zero-order valence-electron chi connectivity index (χ0n) is 19.8. The highest BCUT2D eigenvalue weighted by atomic mass is 35.5. The molecule has 2 fully saturated rings. The molecule has 2 aliphatic heterocycles. The Balaban J connectivity index is 0.00000149. The average Bonchev–Trinajstić information content (AvgIpc) is 2.87. The molecule has 0 bridgehead atoms. The highest BCUT2D eigenvalue weighted by molar-refractivity contribution is 7.98. The molecule has 2 aromatic heterocycles. The number of morpholine rings is 2. The normalized spacial score (nSPS) is 17.5. The third-order valence-electron chi connectivity index (χ3n) is 5.30. The van der Waals surface area contributed by atoms with Crippen LogP contribution in [0.15, 0.2) is 5.16 Å². The second kappa shape index (κ2) is 14.0. The minimum Gasteiger partial charge on any atom is -0.379 e. The summed E-state index contributed by atoms with van der Waals surface area (Å²) in [6.45, 7) is 14.2. The summed E-state index contributed by atoms with van der Waals surface area (Å²) in [5, 5.41) is 7.67. The number of nitrogens with one attached hydrogen (secondary N) is 2. The number of rotatable bonds is 9. The van der Waals surface area contributed by atoms with Gasteiger partial charge in [-0.15, -0.1) is 0 Å². The van der Waals surface area contributed by atoms with Crippen LogP contribution in [0.1, 0.15) is 13.8 Å². The zero-order chi connectivity index (χ0) is 23.5. The van der Waals surface area contributed by atoms with Gasteiger partial charge in [0.2, 0.25) is 0 Å². The third kappa shape index (κ3) is 7.76. The SMILES string of the molecule is CC.CSc1nc(NCCN2CCOCC2)c2nc(Cl)c(NCCN3CCOCC3)nc2n1. The van der Waals surface area contributed by atoms with Crippen LogP contribution in [0, 0.1) is 0 Å². The molecule has 4 heterocycles. The molecular formula is C21H35ClN8O2S. The van der Waals surface area contributed by atoms with Gasteiger partial charge in [-0.25, -0.2) is 19.9 Å². The van der Waals surface area contributed by atoms with Crippen molar-refractivity contribution >= 4 is 46.2 Å². The van der Waals surface area contributed by atoms with Crippen LogP contribution >= 0.6 is 23.4 Å². The summed E-state index contributed by atoms with van der Waals surface area (Å²) < 4.78 is 10.8. The Bertz CT molecular complexity index is 866. The van der Waals surface area contributed by atoms with Crippen LogP contribution in [0.25, 0.3) is 11.2 Å². The van der Waals surface area contributed by atoms with Crippen LogP contribution in [0.5, 0.6) is 0 Å². The van der Waals surface area contributed by atoms with Gasteiger partial charge >= 0.3 is 0 Å². The van der Waals surface area contributed by atoms with Crippen LogP contribution in [0.2, 0.25) is 5.15 Å². The number of anilines is 2. The van der Waals surface area contributed by atoms with E-state index in [9.17, 15) is 0 Å². The molecule has 33 heavy (non-hydrogen) atoms. The first-order valence-corrected chi connectivity index (χ1v) is 13.2. The molecule has 0 saturated carbocycles. The van der Waals surface area contributed by atoms with Crippen molar-refractivity contribution in [3.8, 4) is 0 Å². The molecule has 2 aliphatic rings. The van der Waals surface area contributed by atoms with Gasteiger partial charge in [-0.3, -0.25) is 9.80 Å². The van der Waals surface area contributed by atoms with Crippen molar-refractivity contribution in [3.05, 3.63) is 5.15 Å². The molecular weight excluding hydrogens is 464 g/mol. The molecule has 2 N–H and O–H groups in total. The summed E-state index contributed by atoms with van der Waals surface area (Å²) in [6.07, 6.45) is 1.95. The van der Waals surface area contributed by atoms with Crippen molar-refractivity contribution in [2.45, 2.75) is 19.0 Å². The van der Waals surface area contributed by atoms with Crippen LogP contribution < -0.4 is 10.6 Å². The molecule has 0 atom stereocenters. The predicted octanol–water partition coefficient (Wildman–Crippen LogP) is 2.31. The fourth-order valence-corrected chi connectivity index (χ4v) is 4.10. The van der Waals surface area contributed by atoms with E-state index >= 15 is 0 Å². The van der Waals surface area contributed by atoms with E-state index in [1.54, 1.807) is 0 Å². The molecule has 10 nitrogen and oxygen atoms in total. The minimum absolute atomic E-state index is 0.325. The molecule has 0 unspecified atom stereocenters. The van der Waals surface area contributed by atoms with E-state index in [2.05, 4.69) is 40.4 Å². The number of fused-ring (bicyclic) bond motifs is 1. The average molecular weight is 499 g/mol. The summed E-state index contributed by atoms with van der Waals surface area (Å²) in [6, 6.07) is 0. The fraction of sp³-hybridized carbons (Fsp3) is 0.714. The van der Waals surface area contributed by atoms with Gasteiger partial charge in [0.1, 0.15) is 0 Å². The molecule has 4 rings (SSSR count). The Hall–Kier alpha value is -1.50. The van der Waals surface area contributed by atoms with Crippen molar-refractivity contribution in [2.75, 3.05) is 95.7 Å². The molecule has 2 saturated heterocycles. The number of thioether (sulfide) groups is 1. The van der Waals surface area contributed by atoms with Crippen molar-refractivity contribution < 1.29 is 9.47 Å². The summed E-state index contributed by atoms with van der Waals surface area (Å²) in [7, 11) is 0. The molecule has 0 aliphatic carbocycles. The maximum absolute atomic E-state index is 6.45. The van der Waals surface area contributed by atoms with E-state index in [4.69, 9.17) is 21.1 Å². The first kappa shape index (κ1) is 26.1. The Kier molecular flexibility index (Phi) is 11.1. The van der Waals surface area contributed by atoms with Crippen LogP contribution in [-0.4, -0.2) is 115 Å². The number of hydrogen-bond donors (Lipinski definition) is 2. The van der Waals surface area contributed by atoms with Crippen LogP contribution in [-0.2, 0) is 9.47 Å². The molecule has 0 spiro atoms. The maximum Gasteiger partial charge on any atom is 0.191 e. The summed E-state index contributed by atoms with van der Waals surface area (Å²) in [5.74, 6) is 1.21. The topological polar surface area (TPSA) is 101 Å². The Morgan fingerprint density at radius 2 is 1.36 bits per heavy atom. The van der Waals surface area contributed by atoms with E-state index < -0.39 is 0 Å². The van der Waals surface area contributed by atoms with Crippen LogP contribution in [0.4, 0.5) is 11.6 Å². The van der Waals surface area contributed by atoms with E-state index in [0.29, 0.717) is 33.1 Å². The summed E-state index contributed by atoms with van der Waals surface area (Å²) in [5.41, 5.74) is 1.12. The smallest absolute Gasteiger partial charge is 0.191 e. The quantitative estimate of drug-likeness (QED) is 0.393. The molecule has 12 heteroatoms. The van der Waals surface area contributed by atoms with E-state index in [1.165, 1.54) is 11.8 Å².